The van der Waals surface area contributed by atoms with E-state index in [9.17, 15) is 17.6 Å². The summed E-state index contributed by atoms with van der Waals surface area (Å²) >= 11 is 0. The van der Waals surface area contributed by atoms with Crippen molar-refractivity contribution in [2.24, 2.45) is 0 Å². The highest BCUT2D eigenvalue weighted by Crippen LogP contribution is 2.20. The highest BCUT2D eigenvalue weighted by atomic mass is 32.2. The third-order valence-corrected chi connectivity index (χ3v) is 4.62. The van der Waals surface area contributed by atoms with Crippen LogP contribution in [0.4, 0.5) is 15.8 Å². The van der Waals surface area contributed by atoms with Gasteiger partial charge in [0.1, 0.15) is 12.4 Å². The van der Waals surface area contributed by atoms with Crippen LogP contribution in [0.2, 0.25) is 0 Å². The van der Waals surface area contributed by atoms with Crippen molar-refractivity contribution in [3.63, 3.8) is 0 Å². The van der Waals surface area contributed by atoms with Gasteiger partial charge >= 0.3 is 0 Å². The van der Waals surface area contributed by atoms with Crippen LogP contribution in [0.3, 0.4) is 0 Å². The van der Waals surface area contributed by atoms with Crippen molar-refractivity contribution >= 4 is 27.3 Å². The normalized spacial score (nSPS) is 11.1. The minimum absolute atomic E-state index is 0.247. The van der Waals surface area contributed by atoms with Gasteiger partial charge in [-0.15, -0.1) is 0 Å². The summed E-state index contributed by atoms with van der Waals surface area (Å²) in [5.41, 5.74) is 0.939. The monoisotopic (exact) mass is 350 g/mol. The fraction of sp³-hybridized carbons (Fsp3) is 0.235. The van der Waals surface area contributed by atoms with Gasteiger partial charge in [-0.3, -0.25) is 9.10 Å². The zero-order valence-corrected chi connectivity index (χ0v) is 14.3. The molecular formula is C17H19FN2O3S. The van der Waals surface area contributed by atoms with Crippen molar-refractivity contribution in [3.8, 4) is 0 Å². The zero-order chi connectivity index (χ0) is 17.7. The summed E-state index contributed by atoms with van der Waals surface area (Å²) in [6.45, 7) is 1.87. The molecule has 0 saturated carbocycles. The first kappa shape index (κ1) is 17.9. The molecule has 0 spiro atoms. The van der Waals surface area contributed by atoms with Crippen molar-refractivity contribution < 1.29 is 17.6 Å². The average molecular weight is 350 g/mol. The SMILES string of the molecule is CCN(C(=O)CN(c1ccc(F)cc1)S(C)(=O)=O)c1ccccc1. The molecule has 128 valence electrons. The number of sulfonamides is 1. The number of rotatable bonds is 6. The molecular weight excluding hydrogens is 331 g/mol. The van der Waals surface area contributed by atoms with Gasteiger partial charge in [-0.1, -0.05) is 18.2 Å². The van der Waals surface area contributed by atoms with Crippen molar-refractivity contribution in [3.05, 3.63) is 60.4 Å². The molecule has 24 heavy (non-hydrogen) atoms. The lowest BCUT2D eigenvalue weighted by Gasteiger charge is -2.26. The molecule has 2 aromatic rings. The Bertz CT molecular complexity index is 792. The molecule has 0 aromatic heterocycles. The third kappa shape index (κ3) is 4.32. The first-order valence-corrected chi connectivity index (χ1v) is 9.26. The number of nitrogens with zero attached hydrogens (tertiary/aromatic N) is 2. The summed E-state index contributed by atoms with van der Waals surface area (Å²) in [5.74, 6) is -0.837. The molecule has 7 heteroatoms. The highest BCUT2D eigenvalue weighted by Gasteiger charge is 2.24. The van der Waals surface area contributed by atoms with E-state index in [2.05, 4.69) is 0 Å². The van der Waals surface area contributed by atoms with Gasteiger partial charge in [0.05, 0.1) is 11.9 Å². The van der Waals surface area contributed by atoms with Crippen LogP contribution < -0.4 is 9.21 Å². The number of carbonyl (C=O) groups excluding carboxylic acids is 1. The first-order valence-electron chi connectivity index (χ1n) is 7.41. The van der Waals surface area contributed by atoms with Gasteiger partial charge in [-0.05, 0) is 43.3 Å². The summed E-state index contributed by atoms with van der Waals surface area (Å²) in [5, 5.41) is 0. The van der Waals surface area contributed by atoms with Crippen LogP contribution in [0, 0.1) is 5.82 Å². The summed E-state index contributed by atoms with van der Waals surface area (Å²) in [7, 11) is -3.69. The van der Waals surface area contributed by atoms with E-state index in [1.165, 1.54) is 17.0 Å². The van der Waals surface area contributed by atoms with Crippen LogP contribution in [0.1, 0.15) is 6.92 Å². The van der Waals surface area contributed by atoms with Crippen LogP contribution in [-0.4, -0.2) is 33.7 Å². The van der Waals surface area contributed by atoms with Crippen molar-refractivity contribution in [2.75, 3.05) is 28.6 Å². The van der Waals surface area contributed by atoms with E-state index in [1.54, 1.807) is 24.3 Å². The molecule has 0 radical (unpaired) electrons. The zero-order valence-electron chi connectivity index (χ0n) is 13.5. The Balaban J connectivity index is 2.29. The molecule has 0 unspecified atom stereocenters. The number of halogens is 1. The van der Waals surface area contributed by atoms with E-state index in [4.69, 9.17) is 0 Å². The van der Waals surface area contributed by atoms with Crippen molar-refractivity contribution in [1.29, 1.82) is 0 Å². The van der Waals surface area contributed by atoms with E-state index < -0.39 is 15.8 Å². The first-order chi connectivity index (χ1) is 11.3. The number of hydrogen-bond acceptors (Lipinski definition) is 3. The molecule has 0 atom stereocenters. The third-order valence-electron chi connectivity index (χ3n) is 3.48. The predicted octanol–water partition coefficient (Wildman–Crippen LogP) is 2.64. The summed E-state index contributed by atoms with van der Waals surface area (Å²) in [6.07, 6.45) is 1.02. The maximum absolute atomic E-state index is 13.1. The lowest BCUT2D eigenvalue weighted by Crippen LogP contribution is -2.42. The van der Waals surface area contributed by atoms with Gasteiger partial charge in [-0.2, -0.15) is 0 Å². The molecule has 0 bridgehead atoms. The Morgan fingerprint density at radius 1 is 1.00 bits per heavy atom. The number of carbonyl (C=O) groups is 1. The summed E-state index contributed by atoms with van der Waals surface area (Å²) < 4.78 is 38.2. The van der Waals surface area contributed by atoms with E-state index in [0.29, 0.717) is 12.2 Å². The Labute approximate surface area is 141 Å². The molecule has 5 nitrogen and oxygen atoms in total. The number of amides is 1. The van der Waals surface area contributed by atoms with Crippen LogP contribution in [0.15, 0.2) is 54.6 Å². The lowest BCUT2D eigenvalue weighted by molar-refractivity contribution is -0.117. The van der Waals surface area contributed by atoms with Gasteiger partial charge < -0.3 is 4.90 Å². The van der Waals surface area contributed by atoms with Crippen LogP contribution >= 0.6 is 0 Å². The lowest BCUT2D eigenvalue weighted by atomic mass is 10.2. The molecule has 0 N–H and O–H groups in total. The van der Waals surface area contributed by atoms with E-state index in [0.717, 1.165) is 22.7 Å². The number of hydrogen-bond donors (Lipinski definition) is 0. The molecule has 2 rings (SSSR count). The number of anilines is 2. The topological polar surface area (TPSA) is 57.7 Å². The smallest absolute Gasteiger partial charge is 0.247 e. The van der Waals surface area contributed by atoms with E-state index in [1.807, 2.05) is 13.0 Å². The molecule has 0 fully saturated rings. The fourth-order valence-electron chi connectivity index (χ4n) is 2.33. The highest BCUT2D eigenvalue weighted by molar-refractivity contribution is 7.92. The molecule has 2 aromatic carbocycles. The van der Waals surface area contributed by atoms with Crippen LogP contribution in [-0.2, 0) is 14.8 Å². The second-order valence-electron chi connectivity index (χ2n) is 5.22. The molecule has 0 aliphatic rings. The van der Waals surface area contributed by atoms with E-state index >= 15 is 0 Å². The minimum Gasteiger partial charge on any atom is -0.311 e. The Morgan fingerprint density at radius 2 is 1.58 bits per heavy atom. The van der Waals surface area contributed by atoms with Crippen LogP contribution in [0.5, 0.6) is 0 Å². The second kappa shape index (κ2) is 7.44. The Morgan fingerprint density at radius 3 is 2.08 bits per heavy atom. The predicted molar refractivity (Wildman–Crippen MR) is 93.1 cm³/mol. The van der Waals surface area contributed by atoms with Gasteiger partial charge in [0.2, 0.25) is 15.9 Å². The maximum Gasteiger partial charge on any atom is 0.247 e. The Hall–Kier alpha value is -2.41. The van der Waals surface area contributed by atoms with Gasteiger partial charge in [0.15, 0.2) is 0 Å². The largest absolute Gasteiger partial charge is 0.311 e. The number of para-hydroxylation sites is 1. The van der Waals surface area contributed by atoms with E-state index in [-0.39, 0.29) is 18.1 Å². The standard InChI is InChI=1S/C17H19FN2O3S/c1-3-19(15-7-5-4-6-8-15)17(21)13-20(24(2,22)23)16-11-9-14(18)10-12-16/h4-12H,3,13H2,1-2H3. The van der Waals surface area contributed by atoms with Gasteiger partial charge in [0, 0.05) is 12.2 Å². The number of benzene rings is 2. The van der Waals surface area contributed by atoms with Crippen molar-refractivity contribution in [2.45, 2.75) is 6.92 Å². The Kier molecular flexibility index (Phi) is 5.56. The molecule has 0 saturated heterocycles. The quantitative estimate of drug-likeness (QED) is 0.805. The molecule has 0 heterocycles. The fourth-order valence-corrected chi connectivity index (χ4v) is 3.18. The average Bonchev–Trinajstić information content (AvgIpc) is 2.54. The van der Waals surface area contributed by atoms with Gasteiger partial charge in [-0.25, -0.2) is 12.8 Å². The molecule has 0 aliphatic carbocycles. The number of likely N-dealkylation sites (N-methyl/N-ethyl adjacent to an activating group) is 1. The minimum atomic E-state index is -3.69. The van der Waals surface area contributed by atoms with Gasteiger partial charge in [0.25, 0.3) is 0 Å². The summed E-state index contributed by atoms with van der Waals surface area (Å²) in [4.78, 5) is 14.1. The maximum atomic E-state index is 13.1. The van der Waals surface area contributed by atoms with Crippen molar-refractivity contribution in [1.82, 2.24) is 0 Å². The van der Waals surface area contributed by atoms with Crippen LogP contribution in [0.25, 0.3) is 0 Å². The molecule has 0 aliphatic heterocycles. The molecule has 1 amide bonds. The summed E-state index contributed by atoms with van der Waals surface area (Å²) in [6, 6.07) is 14.0. The second-order valence-corrected chi connectivity index (χ2v) is 7.13.